The van der Waals surface area contributed by atoms with Crippen LogP contribution in [0.1, 0.15) is 73.7 Å². The number of phenols is 1. The standard InChI is InChI=1S/C42H52N4O5/c47-38-15-13-34(35-14-16-40(49)44-42(35)38)39(48)27-43-21-4-5-25-51-33-11-8-29(9-12-33)10-17-41(50)46-24-20-32(30-6-2-1-3-7-30)26-37(46)36-28-45-22-18-31(36)19-23-45/h1-3,6-9,11-16,31-32,36-37,39,43,47-48H,4-5,10,17-28H2,(H,44,49)/t32?,36?,37-,39+/m1/s1. The van der Waals surface area contributed by atoms with Gasteiger partial charge in [-0.2, -0.15) is 0 Å². The molecule has 4 aliphatic rings. The number of carbonyl (C=O) groups excluding carboxylic acids is 1. The molecule has 0 aliphatic carbocycles. The molecular weight excluding hydrogens is 640 g/mol. The van der Waals surface area contributed by atoms with Gasteiger partial charge in [0.05, 0.1) is 18.2 Å². The summed E-state index contributed by atoms with van der Waals surface area (Å²) >= 11 is 0. The molecule has 9 heteroatoms. The fourth-order valence-electron chi connectivity index (χ4n) is 8.78. The molecule has 2 unspecified atom stereocenters. The van der Waals surface area contributed by atoms with Gasteiger partial charge in [-0.15, -0.1) is 0 Å². The lowest BCUT2D eigenvalue weighted by Gasteiger charge is -2.52. The molecule has 3 aromatic carbocycles. The van der Waals surface area contributed by atoms with E-state index in [0.717, 1.165) is 69.0 Å². The smallest absolute Gasteiger partial charge is 0.248 e. The van der Waals surface area contributed by atoms with Crippen molar-refractivity contribution in [2.24, 2.45) is 11.8 Å². The van der Waals surface area contributed by atoms with Gasteiger partial charge in [0.2, 0.25) is 11.5 Å². The van der Waals surface area contributed by atoms with Crippen molar-refractivity contribution in [1.29, 1.82) is 0 Å². The Morgan fingerprint density at radius 2 is 1.75 bits per heavy atom. The van der Waals surface area contributed by atoms with Crippen molar-refractivity contribution < 1.29 is 19.7 Å². The number of nitrogens with zero attached hydrogens (tertiary/aromatic N) is 2. The maximum Gasteiger partial charge on any atom is 0.248 e. The van der Waals surface area contributed by atoms with E-state index in [0.29, 0.717) is 59.8 Å². The Hall–Kier alpha value is -4.18. The molecule has 5 heterocycles. The highest BCUT2D eigenvalue weighted by atomic mass is 16.5. The number of ether oxygens (including phenoxy) is 1. The first-order valence-corrected chi connectivity index (χ1v) is 18.9. The lowest BCUT2D eigenvalue weighted by atomic mass is 9.70. The van der Waals surface area contributed by atoms with Gasteiger partial charge in [0.25, 0.3) is 0 Å². The number of unbranched alkanes of at least 4 members (excludes halogenated alkanes) is 1. The van der Waals surface area contributed by atoms with Gasteiger partial charge in [-0.05, 0) is 123 Å². The van der Waals surface area contributed by atoms with E-state index in [9.17, 15) is 19.8 Å². The number of likely N-dealkylation sites (tertiary alicyclic amines) is 1. The van der Waals surface area contributed by atoms with E-state index in [4.69, 9.17) is 4.74 Å². The number of hydrogen-bond acceptors (Lipinski definition) is 7. The van der Waals surface area contributed by atoms with E-state index in [1.54, 1.807) is 12.1 Å². The zero-order chi connectivity index (χ0) is 35.2. The second-order valence-corrected chi connectivity index (χ2v) is 14.8. The molecule has 4 fully saturated rings. The lowest BCUT2D eigenvalue weighted by molar-refractivity contribution is -0.139. The monoisotopic (exact) mass is 692 g/mol. The van der Waals surface area contributed by atoms with Crippen LogP contribution in [-0.4, -0.2) is 82.8 Å². The Bertz CT molecular complexity index is 1800. The number of benzene rings is 3. The van der Waals surface area contributed by atoms with E-state index in [-0.39, 0.29) is 11.3 Å². The number of aliphatic hydroxyl groups is 1. The Morgan fingerprint density at radius 3 is 2.51 bits per heavy atom. The topological polar surface area (TPSA) is 118 Å². The quantitative estimate of drug-likeness (QED) is 0.124. The van der Waals surface area contributed by atoms with Crippen LogP contribution in [0.5, 0.6) is 11.5 Å². The number of H-pyrrole nitrogens is 1. The van der Waals surface area contributed by atoms with Crippen LogP contribution >= 0.6 is 0 Å². The Balaban J connectivity index is 0.837. The van der Waals surface area contributed by atoms with Crippen molar-refractivity contribution in [3.8, 4) is 11.5 Å². The van der Waals surface area contributed by atoms with Gasteiger partial charge in [-0.25, -0.2) is 0 Å². The number of nitrogens with one attached hydrogen (secondary N) is 2. The van der Waals surface area contributed by atoms with Crippen molar-refractivity contribution in [3.63, 3.8) is 0 Å². The number of carbonyl (C=O) groups is 1. The predicted octanol–water partition coefficient (Wildman–Crippen LogP) is 5.77. The second kappa shape index (κ2) is 16.4. The Labute approximate surface area is 300 Å². The number of aromatic nitrogens is 1. The fourth-order valence-corrected chi connectivity index (χ4v) is 8.78. The van der Waals surface area contributed by atoms with Gasteiger partial charge in [0.15, 0.2) is 0 Å². The minimum absolute atomic E-state index is 0.0189. The predicted molar refractivity (Wildman–Crippen MR) is 200 cm³/mol. The molecule has 4 aromatic rings. The number of aromatic amines is 1. The fraction of sp³-hybridized carbons (Fsp3) is 0.476. The molecule has 0 saturated carbocycles. The van der Waals surface area contributed by atoms with Crippen LogP contribution in [0.15, 0.2) is 83.7 Å². The molecule has 0 radical (unpaired) electrons. The minimum atomic E-state index is -0.775. The van der Waals surface area contributed by atoms with Gasteiger partial charge in [0, 0.05) is 43.5 Å². The van der Waals surface area contributed by atoms with Gasteiger partial charge < -0.3 is 35.1 Å². The number of pyridine rings is 1. The summed E-state index contributed by atoms with van der Waals surface area (Å²) in [4.78, 5) is 33.0. The molecule has 2 bridgehead atoms. The summed E-state index contributed by atoms with van der Waals surface area (Å²) in [5.74, 6) is 2.97. The molecule has 51 heavy (non-hydrogen) atoms. The van der Waals surface area contributed by atoms with Crippen molar-refractivity contribution in [1.82, 2.24) is 20.1 Å². The first-order valence-electron chi connectivity index (χ1n) is 18.9. The molecule has 8 rings (SSSR count). The van der Waals surface area contributed by atoms with Gasteiger partial charge >= 0.3 is 0 Å². The first kappa shape index (κ1) is 35.2. The molecule has 4 N–H and O–H groups in total. The molecule has 1 aromatic heterocycles. The highest BCUT2D eigenvalue weighted by molar-refractivity contribution is 5.87. The Kier molecular flexibility index (Phi) is 11.4. The maximum atomic E-state index is 13.8. The molecule has 4 aliphatic heterocycles. The highest BCUT2D eigenvalue weighted by Gasteiger charge is 2.44. The van der Waals surface area contributed by atoms with Crippen LogP contribution in [-0.2, 0) is 11.2 Å². The van der Waals surface area contributed by atoms with Gasteiger partial charge in [-0.3, -0.25) is 9.59 Å². The van der Waals surface area contributed by atoms with E-state index in [1.807, 2.05) is 12.1 Å². The third-order valence-corrected chi connectivity index (χ3v) is 11.6. The number of hydrogen-bond donors (Lipinski definition) is 4. The summed E-state index contributed by atoms with van der Waals surface area (Å²) in [6.45, 7) is 6.12. The molecule has 1 amide bonds. The molecule has 4 saturated heterocycles. The maximum absolute atomic E-state index is 13.8. The normalized spacial score (nSPS) is 23.7. The van der Waals surface area contributed by atoms with Crippen molar-refractivity contribution in [2.75, 3.05) is 45.9 Å². The lowest BCUT2D eigenvalue weighted by Crippen LogP contribution is -2.58. The van der Waals surface area contributed by atoms with Crippen LogP contribution in [0.4, 0.5) is 0 Å². The number of phenolic OH excluding ortho intramolecular Hbond substituents is 1. The molecule has 4 atom stereocenters. The van der Waals surface area contributed by atoms with Crippen LogP contribution in [0, 0.1) is 11.8 Å². The summed E-state index contributed by atoms with van der Waals surface area (Å²) in [5.41, 5.74) is 3.27. The number of aryl methyl sites for hydroxylation is 1. The number of piperidine rings is 4. The number of rotatable bonds is 14. The van der Waals surface area contributed by atoms with Crippen LogP contribution in [0.3, 0.4) is 0 Å². The first-order chi connectivity index (χ1) is 24.9. The minimum Gasteiger partial charge on any atom is -0.506 e. The van der Waals surface area contributed by atoms with Crippen molar-refractivity contribution >= 4 is 16.8 Å². The summed E-state index contributed by atoms with van der Waals surface area (Å²) in [6, 6.07) is 25.6. The van der Waals surface area contributed by atoms with Gasteiger partial charge in [0.1, 0.15) is 11.5 Å². The van der Waals surface area contributed by atoms with E-state index >= 15 is 0 Å². The second-order valence-electron chi connectivity index (χ2n) is 14.8. The number of aliphatic hydroxyl groups excluding tert-OH is 1. The van der Waals surface area contributed by atoms with Crippen molar-refractivity contribution in [3.05, 3.63) is 106 Å². The van der Waals surface area contributed by atoms with E-state index < -0.39 is 6.10 Å². The molecular formula is C42H52N4O5. The summed E-state index contributed by atoms with van der Waals surface area (Å²) in [5, 5.41) is 24.7. The summed E-state index contributed by atoms with van der Waals surface area (Å²) in [7, 11) is 0. The van der Waals surface area contributed by atoms with E-state index in [2.05, 4.69) is 62.6 Å². The third kappa shape index (κ3) is 8.49. The summed E-state index contributed by atoms with van der Waals surface area (Å²) in [6.07, 6.45) is 6.93. The highest BCUT2D eigenvalue weighted by Crippen LogP contribution is 2.42. The number of aromatic hydroxyl groups is 1. The average molecular weight is 693 g/mol. The van der Waals surface area contributed by atoms with Gasteiger partial charge in [-0.1, -0.05) is 48.5 Å². The van der Waals surface area contributed by atoms with Crippen LogP contribution in [0.2, 0.25) is 0 Å². The molecule has 0 spiro atoms. The molecule has 270 valence electrons. The number of amides is 1. The number of fused-ring (bicyclic) bond motifs is 4. The molecule has 9 nitrogen and oxygen atoms in total. The van der Waals surface area contributed by atoms with Crippen LogP contribution in [0.25, 0.3) is 10.9 Å². The zero-order valence-electron chi connectivity index (χ0n) is 29.5. The largest absolute Gasteiger partial charge is 0.506 e. The van der Waals surface area contributed by atoms with E-state index in [1.165, 1.54) is 43.6 Å². The Morgan fingerprint density at radius 1 is 0.941 bits per heavy atom. The average Bonchev–Trinajstić information content (AvgIpc) is 3.18. The SMILES string of the molecule is O=C(CCc1ccc(OCCCCNC[C@H](O)c2ccc(O)c3[nH]c(=O)ccc23)cc1)N1CCC(c2ccccc2)C[C@@H]1C1CN2CCC1CC2. The van der Waals surface area contributed by atoms with Crippen LogP contribution < -0.4 is 15.6 Å². The third-order valence-electron chi connectivity index (χ3n) is 11.6. The zero-order valence-corrected chi connectivity index (χ0v) is 29.5. The summed E-state index contributed by atoms with van der Waals surface area (Å²) < 4.78 is 5.99. The van der Waals surface area contributed by atoms with Crippen molar-refractivity contribution in [2.45, 2.75) is 69.4 Å².